The van der Waals surface area contributed by atoms with Crippen molar-refractivity contribution in [2.45, 2.75) is 79.8 Å². The van der Waals surface area contributed by atoms with Gasteiger partial charge in [-0.1, -0.05) is 53.9 Å². The van der Waals surface area contributed by atoms with Crippen LogP contribution in [0.25, 0.3) is 0 Å². The molecule has 0 saturated carbocycles. The molecule has 0 heterocycles. The predicted molar refractivity (Wildman–Crippen MR) is 70.1 cm³/mol. The lowest BCUT2D eigenvalue weighted by atomic mass is 9.87. The molecule has 0 aromatic carbocycles. The highest BCUT2D eigenvalue weighted by molar-refractivity contribution is 4.73. The van der Waals surface area contributed by atoms with Crippen LogP contribution in [-0.4, -0.2) is 10.7 Å². The van der Waals surface area contributed by atoms with Gasteiger partial charge in [-0.15, -0.1) is 0 Å². The van der Waals surface area contributed by atoms with Gasteiger partial charge in [0.15, 0.2) is 0 Å². The third kappa shape index (κ3) is 10.2. The molecule has 0 aromatic heterocycles. The van der Waals surface area contributed by atoms with Crippen molar-refractivity contribution in [1.82, 2.24) is 0 Å². The maximum absolute atomic E-state index is 9.71. The van der Waals surface area contributed by atoms with Crippen LogP contribution in [0, 0.1) is 11.8 Å². The van der Waals surface area contributed by atoms with Gasteiger partial charge in [-0.05, 0) is 32.1 Å². The van der Waals surface area contributed by atoms with Crippen LogP contribution >= 0.6 is 0 Å². The van der Waals surface area contributed by atoms with Gasteiger partial charge in [-0.2, -0.15) is 0 Å². The molecule has 0 bridgehead atoms. The average Bonchev–Trinajstić information content (AvgIpc) is 2.19. The Labute approximate surface area is 97.3 Å². The van der Waals surface area contributed by atoms with E-state index in [0.717, 1.165) is 12.3 Å². The molecule has 1 N–H and O–H groups in total. The maximum atomic E-state index is 9.71. The van der Waals surface area contributed by atoms with E-state index in [4.69, 9.17) is 0 Å². The summed E-state index contributed by atoms with van der Waals surface area (Å²) in [5, 5.41) is 9.71. The molecule has 0 aromatic rings. The molecule has 0 radical (unpaired) electrons. The van der Waals surface area contributed by atoms with E-state index >= 15 is 0 Å². The summed E-state index contributed by atoms with van der Waals surface area (Å²) >= 11 is 0. The molecule has 0 saturated heterocycles. The first kappa shape index (κ1) is 17.4. The summed E-state index contributed by atoms with van der Waals surface area (Å²) in [6.07, 6.45) is 4.97. The van der Waals surface area contributed by atoms with Crippen molar-refractivity contribution < 1.29 is 5.11 Å². The minimum Gasteiger partial charge on any atom is -0.390 e. The van der Waals surface area contributed by atoms with E-state index in [1.165, 1.54) is 19.3 Å². The normalized spacial score (nSPS) is 15.2. The Balaban J connectivity index is 0. The Kier molecular flexibility index (Phi) is 10.7. The third-order valence-corrected chi connectivity index (χ3v) is 3.24. The lowest BCUT2D eigenvalue weighted by Crippen LogP contribution is -2.28. The van der Waals surface area contributed by atoms with Gasteiger partial charge in [-0.25, -0.2) is 0 Å². The van der Waals surface area contributed by atoms with E-state index in [9.17, 15) is 5.11 Å². The van der Waals surface area contributed by atoms with Crippen molar-refractivity contribution in [2.24, 2.45) is 11.8 Å². The molecule has 0 aliphatic heterocycles. The summed E-state index contributed by atoms with van der Waals surface area (Å²) in [4.78, 5) is 0. The molecular formula is C14H32O. The van der Waals surface area contributed by atoms with E-state index < -0.39 is 5.60 Å². The third-order valence-electron chi connectivity index (χ3n) is 3.24. The number of aliphatic hydroxyl groups is 1. The van der Waals surface area contributed by atoms with Crippen LogP contribution in [0.3, 0.4) is 0 Å². The molecule has 0 aliphatic rings. The molecule has 94 valence electrons. The fourth-order valence-electron chi connectivity index (χ4n) is 1.33. The summed E-state index contributed by atoms with van der Waals surface area (Å²) in [6, 6.07) is 0. The van der Waals surface area contributed by atoms with Crippen LogP contribution in [0.4, 0.5) is 0 Å². The monoisotopic (exact) mass is 216 g/mol. The molecule has 0 aliphatic carbocycles. The molecule has 15 heavy (non-hydrogen) atoms. The van der Waals surface area contributed by atoms with Crippen molar-refractivity contribution in [1.29, 1.82) is 0 Å². The van der Waals surface area contributed by atoms with Crippen LogP contribution < -0.4 is 0 Å². The van der Waals surface area contributed by atoms with Crippen LogP contribution in [-0.2, 0) is 0 Å². The Morgan fingerprint density at radius 2 is 1.53 bits per heavy atom. The fourth-order valence-corrected chi connectivity index (χ4v) is 1.33. The van der Waals surface area contributed by atoms with E-state index in [2.05, 4.69) is 20.8 Å². The molecule has 2 atom stereocenters. The first-order valence-electron chi connectivity index (χ1n) is 6.60. The summed E-state index contributed by atoms with van der Waals surface area (Å²) < 4.78 is 0. The maximum Gasteiger partial charge on any atom is 0.0617 e. The summed E-state index contributed by atoms with van der Waals surface area (Å²) in [5.74, 6) is 1.26. The number of hydrogen-bond acceptors (Lipinski definition) is 1. The van der Waals surface area contributed by atoms with Gasteiger partial charge in [0.2, 0.25) is 0 Å². The topological polar surface area (TPSA) is 20.2 Å². The zero-order valence-electron chi connectivity index (χ0n) is 11.9. The summed E-state index contributed by atoms with van der Waals surface area (Å²) in [5.41, 5.74) is -0.505. The van der Waals surface area contributed by atoms with Gasteiger partial charge >= 0.3 is 0 Å². The molecule has 1 nitrogen and oxygen atoms in total. The largest absolute Gasteiger partial charge is 0.390 e. The summed E-state index contributed by atoms with van der Waals surface area (Å²) in [6.45, 7) is 14.5. The van der Waals surface area contributed by atoms with Gasteiger partial charge in [0, 0.05) is 0 Å². The van der Waals surface area contributed by atoms with E-state index in [1.807, 2.05) is 27.7 Å². The lowest BCUT2D eigenvalue weighted by Gasteiger charge is -2.26. The highest BCUT2D eigenvalue weighted by Crippen LogP contribution is 2.23. The van der Waals surface area contributed by atoms with Gasteiger partial charge in [-0.3, -0.25) is 0 Å². The first-order chi connectivity index (χ1) is 6.88. The highest BCUT2D eigenvalue weighted by atomic mass is 16.3. The van der Waals surface area contributed by atoms with Crippen LogP contribution in [0.5, 0.6) is 0 Å². The minimum atomic E-state index is -0.505. The zero-order valence-corrected chi connectivity index (χ0v) is 11.9. The molecule has 1 heteroatoms. The second-order valence-electron chi connectivity index (χ2n) is 5.00. The Hall–Kier alpha value is -0.0400. The summed E-state index contributed by atoms with van der Waals surface area (Å²) in [7, 11) is 0. The van der Waals surface area contributed by atoms with Crippen molar-refractivity contribution in [3.63, 3.8) is 0 Å². The predicted octanol–water partition coefficient (Wildman–Crippen LogP) is 4.64. The molecule has 0 spiro atoms. The number of hydrogen-bond donors (Lipinski definition) is 1. The lowest BCUT2D eigenvalue weighted by molar-refractivity contribution is 0.0200. The fraction of sp³-hybridized carbons (Fsp3) is 1.00. The van der Waals surface area contributed by atoms with Gasteiger partial charge < -0.3 is 5.11 Å². The molecule has 0 rings (SSSR count). The standard InChI is InChI=1S/C12H26O.C2H6/c1-6-10(2)8-7-9-11(3)12(4,5)13;1-2/h10-11,13H,6-9H2,1-5H3;1-2H3. The van der Waals surface area contributed by atoms with Crippen molar-refractivity contribution in [3.8, 4) is 0 Å². The first-order valence-corrected chi connectivity index (χ1v) is 6.60. The molecule has 0 fully saturated rings. The van der Waals surface area contributed by atoms with E-state index in [0.29, 0.717) is 5.92 Å². The Morgan fingerprint density at radius 1 is 1.07 bits per heavy atom. The quantitative estimate of drug-likeness (QED) is 0.686. The van der Waals surface area contributed by atoms with Crippen molar-refractivity contribution in [2.75, 3.05) is 0 Å². The van der Waals surface area contributed by atoms with E-state index in [1.54, 1.807) is 0 Å². The number of rotatable bonds is 6. The zero-order chi connectivity index (χ0) is 12.5. The molecular weight excluding hydrogens is 184 g/mol. The van der Waals surface area contributed by atoms with Crippen LogP contribution in [0.2, 0.25) is 0 Å². The van der Waals surface area contributed by atoms with Gasteiger partial charge in [0.1, 0.15) is 0 Å². The van der Waals surface area contributed by atoms with Crippen LogP contribution in [0.15, 0.2) is 0 Å². The Bertz CT molecular complexity index is 124. The highest BCUT2D eigenvalue weighted by Gasteiger charge is 2.21. The molecule has 0 amide bonds. The van der Waals surface area contributed by atoms with E-state index in [-0.39, 0.29) is 0 Å². The molecule has 2 unspecified atom stereocenters. The van der Waals surface area contributed by atoms with Gasteiger partial charge in [0.25, 0.3) is 0 Å². The smallest absolute Gasteiger partial charge is 0.0617 e. The SMILES string of the molecule is CC.CCC(C)CCCC(C)C(C)(C)O. The van der Waals surface area contributed by atoms with Crippen molar-refractivity contribution >= 4 is 0 Å². The average molecular weight is 216 g/mol. The second-order valence-corrected chi connectivity index (χ2v) is 5.00. The minimum absolute atomic E-state index is 0.413. The van der Waals surface area contributed by atoms with Crippen molar-refractivity contribution in [3.05, 3.63) is 0 Å². The second kappa shape index (κ2) is 9.21. The van der Waals surface area contributed by atoms with Gasteiger partial charge in [0.05, 0.1) is 5.60 Å². The van der Waals surface area contributed by atoms with Crippen LogP contribution in [0.1, 0.15) is 74.1 Å². The Morgan fingerprint density at radius 3 is 1.87 bits per heavy atom.